The van der Waals surface area contributed by atoms with Gasteiger partial charge in [0.05, 0.1) is 12.4 Å². The summed E-state index contributed by atoms with van der Waals surface area (Å²) in [6.45, 7) is 2.84. The molecule has 1 heterocycles. The topological polar surface area (TPSA) is 84.4 Å². The van der Waals surface area contributed by atoms with Gasteiger partial charge in [0.15, 0.2) is 0 Å². The highest BCUT2D eigenvalue weighted by Crippen LogP contribution is 2.08. The predicted octanol–water partition coefficient (Wildman–Crippen LogP) is 0.569. The number of ether oxygens (including phenoxy) is 1. The first-order valence-electron chi connectivity index (χ1n) is 6.05. The number of nitrogens with one attached hydrogen (secondary N) is 1. The minimum atomic E-state index is -3.21. The van der Waals surface area contributed by atoms with E-state index in [9.17, 15) is 8.42 Å². The second-order valence-electron chi connectivity index (χ2n) is 4.09. The molecular weight excluding hydrogens is 268 g/mol. The lowest BCUT2D eigenvalue weighted by molar-refractivity contribution is 0.305. The molecule has 0 fully saturated rings. The highest BCUT2D eigenvalue weighted by molar-refractivity contribution is 7.89. The Labute approximate surface area is 114 Å². The van der Waals surface area contributed by atoms with E-state index in [1.807, 2.05) is 6.92 Å². The van der Waals surface area contributed by atoms with Gasteiger partial charge >= 0.3 is 0 Å². The first-order chi connectivity index (χ1) is 8.95. The van der Waals surface area contributed by atoms with Crippen molar-refractivity contribution >= 4 is 16.0 Å². The molecule has 0 aliphatic rings. The third-order valence-electron chi connectivity index (χ3n) is 2.28. The second kappa shape index (κ2) is 7.25. The third-order valence-corrected chi connectivity index (χ3v) is 4.12. The molecule has 1 aromatic rings. The summed E-state index contributed by atoms with van der Waals surface area (Å²) >= 11 is 0. The van der Waals surface area contributed by atoms with E-state index in [2.05, 4.69) is 15.3 Å². The van der Waals surface area contributed by atoms with Crippen LogP contribution in [0.5, 0.6) is 5.88 Å². The minimum Gasteiger partial charge on any atom is -0.478 e. The van der Waals surface area contributed by atoms with Crippen LogP contribution in [0.15, 0.2) is 12.3 Å². The summed E-state index contributed by atoms with van der Waals surface area (Å²) in [5.41, 5.74) is 0. The van der Waals surface area contributed by atoms with Gasteiger partial charge in [-0.15, -0.1) is 0 Å². The van der Waals surface area contributed by atoms with Crippen molar-refractivity contribution in [1.82, 2.24) is 14.3 Å². The number of sulfonamides is 1. The molecule has 0 unspecified atom stereocenters. The van der Waals surface area contributed by atoms with Gasteiger partial charge in [-0.05, 0) is 6.42 Å². The maximum Gasteiger partial charge on any atom is 0.225 e. The lowest BCUT2D eigenvalue weighted by Gasteiger charge is -2.11. The molecule has 0 atom stereocenters. The summed E-state index contributed by atoms with van der Waals surface area (Å²) in [5, 5.41) is 2.86. The monoisotopic (exact) mass is 288 g/mol. The van der Waals surface area contributed by atoms with E-state index in [0.717, 1.165) is 6.42 Å². The fourth-order valence-corrected chi connectivity index (χ4v) is 1.91. The highest BCUT2D eigenvalue weighted by Gasteiger charge is 2.12. The average molecular weight is 288 g/mol. The molecule has 0 aromatic carbocycles. The first kappa shape index (κ1) is 15.6. The summed E-state index contributed by atoms with van der Waals surface area (Å²) in [7, 11) is -0.199. The Hall–Kier alpha value is -1.41. The van der Waals surface area contributed by atoms with Gasteiger partial charge in [0.25, 0.3) is 0 Å². The highest BCUT2D eigenvalue weighted by atomic mass is 32.2. The Morgan fingerprint density at radius 3 is 2.79 bits per heavy atom. The fraction of sp³-hybridized carbons (Fsp3) is 0.636. The number of nitrogens with zero attached hydrogens (tertiary/aromatic N) is 3. The standard InChI is InChI=1S/C11H20N4O3S/c1-4-8-18-10-5-6-12-11(14-10)13-7-9-19(16,17)15(2)3/h5-6H,4,7-9H2,1-3H3,(H,12,13,14). The maximum atomic E-state index is 11.5. The number of anilines is 1. The van der Waals surface area contributed by atoms with Crippen molar-refractivity contribution < 1.29 is 13.2 Å². The Kier molecular flexibility index (Phi) is 5.97. The van der Waals surface area contributed by atoms with Crippen LogP contribution in [0.25, 0.3) is 0 Å². The van der Waals surface area contributed by atoms with Gasteiger partial charge in [0, 0.05) is 32.9 Å². The van der Waals surface area contributed by atoms with Gasteiger partial charge in [-0.2, -0.15) is 4.98 Å². The van der Waals surface area contributed by atoms with Crippen molar-refractivity contribution in [2.24, 2.45) is 0 Å². The van der Waals surface area contributed by atoms with Crippen molar-refractivity contribution in [2.45, 2.75) is 13.3 Å². The normalized spacial score (nSPS) is 11.6. The van der Waals surface area contributed by atoms with Crippen LogP contribution in [0.4, 0.5) is 5.95 Å². The first-order valence-corrected chi connectivity index (χ1v) is 7.66. The summed E-state index contributed by atoms with van der Waals surface area (Å²) in [4.78, 5) is 8.12. The van der Waals surface area contributed by atoms with E-state index < -0.39 is 10.0 Å². The molecule has 0 saturated heterocycles. The number of aromatic nitrogens is 2. The van der Waals surface area contributed by atoms with Crippen LogP contribution in [0.3, 0.4) is 0 Å². The summed E-state index contributed by atoms with van der Waals surface area (Å²) in [6.07, 6.45) is 2.47. The molecule has 0 spiro atoms. The van der Waals surface area contributed by atoms with Crippen molar-refractivity contribution in [3.8, 4) is 5.88 Å². The van der Waals surface area contributed by atoms with E-state index in [-0.39, 0.29) is 12.3 Å². The van der Waals surface area contributed by atoms with Gasteiger partial charge in [-0.25, -0.2) is 17.7 Å². The lowest BCUT2D eigenvalue weighted by Crippen LogP contribution is -2.28. The number of rotatable bonds is 8. The van der Waals surface area contributed by atoms with Crippen molar-refractivity contribution in [2.75, 3.05) is 38.3 Å². The SMILES string of the molecule is CCCOc1ccnc(NCCS(=O)(=O)N(C)C)n1. The maximum absolute atomic E-state index is 11.5. The molecule has 1 aromatic heterocycles. The van der Waals surface area contributed by atoms with Crippen molar-refractivity contribution in [3.05, 3.63) is 12.3 Å². The van der Waals surface area contributed by atoms with Crippen LogP contribution in [-0.2, 0) is 10.0 Å². The zero-order chi connectivity index (χ0) is 14.3. The molecule has 0 amide bonds. The third kappa shape index (κ3) is 5.39. The molecule has 0 radical (unpaired) electrons. The largest absolute Gasteiger partial charge is 0.478 e. The summed E-state index contributed by atoms with van der Waals surface area (Å²) < 4.78 is 29.7. The molecule has 1 N–H and O–H groups in total. The molecule has 1 rings (SSSR count). The number of hydrogen-bond donors (Lipinski definition) is 1. The van der Waals surface area contributed by atoms with E-state index in [4.69, 9.17) is 4.74 Å². The lowest BCUT2D eigenvalue weighted by atomic mass is 10.5. The zero-order valence-electron chi connectivity index (χ0n) is 11.5. The molecular formula is C11H20N4O3S. The summed E-state index contributed by atoms with van der Waals surface area (Å²) in [5.74, 6) is 0.834. The Morgan fingerprint density at radius 1 is 1.42 bits per heavy atom. The molecule has 108 valence electrons. The van der Waals surface area contributed by atoms with Gasteiger partial charge in [0.2, 0.25) is 21.9 Å². The van der Waals surface area contributed by atoms with Crippen LogP contribution in [0.1, 0.15) is 13.3 Å². The number of hydrogen-bond acceptors (Lipinski definition) is 6. The predicted molar refractivity (Wildman–Crippen MR) is 73.8 cm³/mol. The van der Waals surface area contributed by atoms with E-state index in [0.29, 0.717) is 18.4 Å². The van der Waals surface area contributed by atoms with Crippen LogP contribution in [0, 0.1) is 0 Å². The molecule has 19 heavy (non-hydrogen) atoms. The van der Waals surface area contributed by atoms with Gasteiger partial charge in [-0.3, -0.25) is 0 Å². The van der Waals surface area contributed by atoms with E-state index in [1.54, 1.807) is 12.3 Å². The molecule has 0 aliphatic heterocycles. The second-order valence-corrected chi connectivity index (χ2v) is 6.39. The van der Waals surface area contributed by atoms with Gasteiger partial charge < -0.3 is 10.1 Å². The smallest absolute Gasteiger partial charge is 0.225 e. The van der Waals surface area contributed by atoms with Gasteiger partial charge in [0.1, 0.15) is 0 Å². The van der Waals surface area contributed by atoms with Gasteiger partial charge in [-0.1, -0.05) is 6.92 Å². The van der Waals surface area contributed by atoms with Crippen LogP contribution < -0.4 is 10.1 Å². The molecule has 8 heteroatoms. The van der Waals surface area contributed by atoms with Crippen LogP contribution in [0.2, 0.25) is 0 Å². The molecule has 0 aliphatic carbocycles. The van der Waals surface area contributed by atoms with E-state index >= 15 is 0 Å². The average Bonchev–Trinajstić information content (AvgIpc) is 2.36. The van der Waals surface area contributed by atoms with Crippen molar-refractivity contribution in [1.29, 1.82) is 0 Å². The quantitative estimate of drug-likeness (QED) is 0.753. The Bertz CT molecular complexity index is 490. The fourth-order valence-electron chi connectivity index (χ4n) is 1.19. The molecule has 0 saturated carbocycles. The zero-order valence-corrected chi connectivity index (χ0v) is 12.3. The molecule has 0 bridgehead atoms. The van der Waals surface area contributed by atoms with E-state index in [1.165, 1.54) is 18.4 Å². The van der Waals surface area contributed by atoms with Crippen molar-refractivity contribution in [3.63, 3.8) is 0 Å². The Balaban J connectivity index is 2.49. The van der Waals surface area contributed by atoms with Crippen LogP contribution >= 0.6 is 0 Å². The summed E-state index contributed by atoms with van der Waals surface area (Å²) in [6, 6.07) is 1.66. The molecule has 7 nitrogen and oxygen atoms in total. The Morgan fingerprint density at radius 2 is 2.16 bits per heavy atom. The minimum absolute atomic E-state index is 0.0105. The van der Waals surface area contributed by atoms with Crippen LogP contribution in [-0.4, -0.2) is 55.7 Å².